The van der Waals surface area contributed by atoms with Crippen LogP contribution in [0.5, 0.6) is 0 Å². The number of rotatable bonds is 8. The van der Waals surface area contributed by atoms with E-state index in [2.05, 4.69) is 41.6 Å². The molecule has 0 spiro atoms. The maximum absolute atomic E-state index is 10.2. The Balaban J connectivity index is 0.000000366. The summed E-state index contributed by atoms with van der Waals surface area (Å²) in [6.45, 7) is 3.45. The summed E-state index contributed by atoms with van der Waals surface area (Å²) < 4.78 is 0. The van der Waals surface area contributed by atoms with Gasteiger partial charge in [0.2, 0.25) is 0 Å². The minimum Gasteiger partial charge on any atom is -0.478 e. The molecule has 5 N–H and O–H groups in total. The second-order valence-electron chi connectivity index (χ2n) is 6.85. The normalized spacial score (nSPS) is 11.8. The zero-order chi connectivity index (χ0) is 22.8. The molecule has 1 unspecified atom stereocenters. The van der Waals surface area contributed by atoms with Gasteiger partial charge in [0.1, 0.15) is 0 Å². The van der Waals surface area contributed by atoms with Crippen LogP contribution in [-0.4, -0.2) is 45.3 Å². The highest BCUT2D eigenvalue weighted by atomic mass is 35.5. The molecule has 0 aliphatic rings. The van der Waals surface area contributed by atoms with E-state index in [9.17, 15) is 14.7 Å². The summed E-state index contributed by atoms with van der Waals surface area (Å²) in [4.78, 5) is 22.5. The number of aryl methyl sites for hydroxylation is 1. The number of aromatic amines is 1. The van der Waals surface area contributed by atoms with Crippen LogP contribution in [0.3, 0.4) is 0 Å². The van der Waals surface area contributed by atoms with Crippen LogP contribution >= 0.6 is 11.6 Å². The van der Waals surface area contributed by atoms with Crippen LogP contribution < -0.4 is 5.32 Å². The number of carboxylic acids is 2. The lowest BCUT2D eigenvalue weighted by Gasteiger charge is -2.12. The molecule has 1 heterocycles. The van der Waals surface area contributed by atoms with Gasteiger partial charge in [-0.1, -0.05) is 41.9 Å². The van der Waals surface area contributed by atoms with Crippen molar-refractivity contribution in [3.05, 3.63) is 82.5 Å². The summed E-state index contributed by atoms with van der Waals surface area (Å²) in [5.74, 6) is -2.51. The van der Waals surface area contributed by atoms with Crippen LogP contribution in [0.2, 0.25) is 5.02 Å². The molecule has 2 aromatic carbocycles. The Kier molecular flexibility index (Phi) is 9.27. The number of aromatic nitrogens is 1. The number of aliphatic hydroxyl groups is 1. The topological polar surface area (TPSA) is 123 Å². The monoisotopic (exact) mass is 444 g/mol. The number of aliphatic hydroxyl groups excluding tert-OH is 1. The smallest absolute Gasteiger partial charge is 0.328 e. The van der Waals surface area contributed by atoms with Gasteiger partial charge in [0.05, 0.1) is 6.10 Å². The van der Waals surface area contributed by atoms with Gasteiger partial charge in [-0.2, -0.15) is 0 Å². The van der Waals surface area contributed by atoms with Crippen molar-refractivity contribution in [1.29, 1.82) is 0 Å². The molecule has 3 rings (SSSR count). The van der Waals surface area contributed by atoms with Gasteiger partial charge in [-0.05, 0) is 48.7 Å². The van der Waals surface area contributed by atoms with Crippen LogP contribution in [0.15, 0.2) is 60.8 Å². The van der Waals surface area contributed by atoms with Crippen molar-refractivity contribution in [2.45, 2.75) is 19.4 Å². The third kappa shape index (κ3) is 7.90. The molecule has 8 heteroatoms. The first kappa shape index (κ1) is 24.1. The first-order valence-corrected chi connectivity index (χ1v) is 9.99. The largest absolute Gasteiger partial charge is 0.478 e. The number of para-hydroxylation sites is 1. The quantitative estimate of drug-likeness (QED) is 0.266. The Morgan fingerprint density at radius 2 is 1.81 bits per heavy atom. The van der Waals surface area contributed by atoms with E-state index in [0.29, 0.717) is 23.7 Å². The predicted octanol–water partition coefficient (Wildman–Crippen LogP) is 3.71. The number of nitrogens with one attached hydrogen (secondary N) is 2. The first-order valence-electron chi connectivity index (χ1n) is 9.61. The van der Waals surface area contributed by atoms with Crippen molar-refractivity contribution in [2.24, 2.45) is 0 Å². The average molecular weight is 445 g/mol. The second kappa shape index (κ2) is 11.9. The summed E-state index contributed by atoms with van der Waals surface area (Å²) in [5, 5.41) is 31.0. The maximum atomic E-state index is 10.2. The summed E-state index contributed by atoms with van der Waals surface area (Å²) in [6.07, 6.45) is 3.57. The lowest BCUT2D eigenvalue weighted by atomic mass is 10.1. The Morgan fingerprint density at radius 3 is 2.45 bits per heavy atom. The number of halogens is 1. The van der Waals surface area contributed by atoms with Crippen LogP contribution in [0.1, 0.15) is 22.8 Å². The molecular weight excluding hydrogens is 420 g/mol. The Labute approximate surface area is 185 Å². The lowest BCUT2D eigenvalue weighted by Crippen LogP contribution is -2.23. The number of hydrogen-bond acceptors (Lipinski definition) is 4. The number of carbonyl (C=O) groups is 2. The Hall–Kier alpha value is -3.13. The fourth-order valence-corrected chi connectivity index (χ4v) is 3.21. The highest BCUT2D eigenvalue weighted by Crippen LogP contribution is 2.21. The lowest BCUT2D eigenvalue weighted by molar-refractivity contribution is -0.134. The first-order chi connectivity index (χ1) is 14.8. The van der Waals surface area contributed by atoms with E-state index in [4.69, 9.17) is 21.8 Å². The van der Waals surface area contributed by atoms with E-state index in [0.717, 1.165) is 18.5 Å². The number of fused-ring (bicyclic) bond motifs is 1. The molecule has 0 bridgehead atoms. The molecule has 0 aliphatic heterocycles. The Morgan fingerprint density at radius 1 is 1.13 bits per heavy atom. The van der Waals surface area contributed by atoms with Crippen LogP contribution in [0.25, 0.3) is 10.9 Å². The van der Waals surface area contributed by atoms with Crippen molar-refractivity contribution in [3.63, 3.8) is 0 Å². The fourth-order valence-electron chi connectivity index (χ4n) is 3.01. The van der Waals surface area contributed by atoms with E-state index in [1.54, 1.807) is 6.07 Å². The van der Waals surface area contributed by atoms with Crippen LogP contribution in [-0.2, 0) is 16.0 Å². The van der Waals surface area contributed by atoms with Crippen molar-refractivity contribution < 1.29 is 24.9 Å². The van der Waals surface area contributed by atoms with E-state index < -0.39 is 18.0 Å². The molecule has 0 radical (unpaired) electrons. The van der Waals surface area contributed by atoms with Crippen molar-refractivity contribution >= 4 is 34.4 Å². The minimum atomic E-state index is -1.26. The van der Waals surface area contributed by atoms with Crippen molar-refractivity contribution in [1.82, 2.24) is 10.3 Å². The van der Waals surface area contributed by atoms with E-state index in [1.807, 2.05) is 18.2 Å². The highest BCUT2D eigenvalue weighted by molar-refractivity contribution is 6.30. The number of aliphatic carboxylic acids is 2. The molecule has 164 valence electrons. The van der Waals surface area contributed by atoms with Crippen molar-refractivity contribution in [2.75, 3.05) is 13.1 Å². The van der Waals surface area contributed by atoms with Gasteiger partial charge in [0, 0.05) is 40.8 Å². The SMILES string of the molecule is Cc1cccc2c(CCNCC(O)c3cccc(Cl)c3)c[nH]c12.O=C(O)/C=C/C(=O)O. The van der Waals surface area contributed by atoms with Gasteiger partial charge in [-0.3, -0.25) is 0 Å². The summed E-state index contributed by atoms with van der Waals surface area (Å²) in [7, 11) is 0. The van der Waals surface area contributed by atoms with E-state index in [-0.39, 0.29) is 0 Å². The zero-order valence-corrected chi connectivity index (χ0v) is 17.8. The number of carboxylic acid groups (broad SMARTS) is 2. The fraction of sp³-hybridized carbons (Fsp3) is 0.217. The standard InChI is InChI=1S/C19H21ClN2O.C4H4O4/c1-13-4-2-7-17-15(11-22-19(13)17)8-9-21-12-18(23)14-5-3-6-16(20)10-14;5-3(6)1-2-4(7)8/h2-7,10-11,18,21-23H,8-9,12H2,1H3;1-2H,(H,5,6)(H,7,8)/b;2-1+. The molecule has 0 saturated heterocycles. The summed E-state index contributed by atoms with van der Waals surface area (Å²) in [6, 6.07) is 13.7. The van der Waals surface area contributed by atoms with Crippen LogP contribution in [0, 0.1) is 6.92 Å². The highest BCUT2D eigenvalue weighted by Gasteiger charge is 2.08. The Bertz CT molecular complexity index is 1050. The maximum Gasteiger partial charge on any atom is 0.328 e. The molecular formula is C23H25ClN2O5. The van der Waals surface area contributed by atoms with Crippen LogP contribution in [0.4, 0.5) is 0 Å². The third-order valence-electron chi connectivity index (χ3n) is 4.52. The molecule has 3 aromatic rings. The van der Waals surface area contributed by atoms with Gasteiger partial charge in [-0.25, -0.2) is 9.59 Å². The third-order valence-corrected chi connectivity index (χ3v) is 4.76. The predicted molar refractivity (Wildman–Crippen MR) is 120 cm³/mol. The van der Waals surface area contributed by atoms with E-state index >= 15 is 0 Å². The summed E-state index contributed by atoms with van der Waals surface area (Å²) in [5.41, 5.74) is 4.61. The second-order valence-corrected chi connectivity index (χ2v) is 7.28. The van der Waals surface area contributed by atoms with Gasteiger partial charge in [-0.15, -0.1) is 0 Å². The van der Waals surface area contributed by atoms with E-state index in [1.165, 1.54) is 22.0 Å². The number of hydrogen-bond donors (Lipinski definition) is 5. The molecule has 7 nitrogen and oxygen atoms in total. The van der Waals surface area contributed by atoms with Crippen molar-refractivity contribution in [3.8, 4) is 0 Å². The molecule has 0 fully saturated rings. The molecule has 31 heavy (non-hydrogen) atoms. The molecule has 1 aromatic heterocycles. The molecule has 0 saturated carbocycles. The van der Waals surface area contributed by atoms with Gasteiger partial charge in [0.15, 0.2) is 0 Å². The number of H-pyrrole nitrogens is 1. The average Bonchev–Trinajstić information content (AvgIpc) is 3.14. The molecule has 0 amide bonds. The van der Waals surface area contributed by atoms with Gasteiger partial charge in [0.25, 0.3) is 0 Å². The minimum absolute atomic E-state index is 0.516. The van der Waals surface area contributed by atoms with Gasteiger partial charge >= 0.3 is 11.9 Å². The molecule has 1 atom stereocenters. The zero-order valence-electron chi connectivity index (χ0n) is 17.0. The number of benzene rings is 2. The van der Waals surface area contributed by atoms with Gasteiger partial charge < -0.3 is 25.6 Å². The molecule has 0 aliphatic carbocycles. The summed E-state index contributed by atoms with van der Waals surface area (Å²) >= 11 is 5.95.